The van der Waals surface area contributed by atoms with Crippen molar-refractivity contribution >= 4 is 49.4 Å². The highest BCUT2D eigenvalue weighted by molar-refractivity contribution is 6.08. The van der Waals surface area contributed by atoms with E-state index in [0.29, 0.717) is 0 Å². The smallest absolute Gasteiger partial charge is 0.0714 e. The van der Waals surface area contributed by atoms with Crippen molar-refractivity contribution in [1.82, 2.24) is 0 Å². The Kier molecular flexibility index (Phi) is 9.47. The number of fused-ring (bicyclic) bond motifs is 7. The predicted molar refractivity (Wildman–Crippen MR) is 287 cm³/mol. The lowest BCUT2D eigenvalue weighted by atomic mass is 9.67. The summed E-state index contributed by atoms with van der Waals surface area (Å²) in [6, 6.07) is 101. The highest BCUT2D eigenvalue weighted by Gasteiger charge is 2.46. The van der Waals surface area contributed by atoms with Crippen LogP contribution < -0.4 is 4.90 Å². The maximum Gasteiger partial charge on any atom is 0.0714 e. The molecule has 1 atom stereocenters. The Balaban J connectivity index is 0.984. The Bertz CT molecular complexity index is 3810. The number of hydrogen-bond acceptors (Lipinski definition) is 1. The molecule has 0 radical (unpaired) electrons. The summed E-state index contributed by atoms with van der Waals surface area (Å²) in [5, 5.41) is 7.55. The fourth-order valence-corrected chi connectivity index (χ4v) is 11.1. The first-order valence-electron chi connectivity index (χ1n) is 23.6. The number of rotatable bonds is 8. The average molecular weight is 864 g/mol. The van der Waals surface area contributed by atoms with Crippen LogP contribution >= 0.6 is 0 Å². The van der Waals surface area contributed by atoms with E-state index in [0.717, 1.165) is 17.1 Å². The largest absolute Gasteiger partial charge is 0.310 e. The Morgan fingerprint density at radius 1 is 0.235 bits per heavy atom. The highest BCUT2D eigenvalue weighted by Crippen LogP contribution is 2.57. The molecule has 0 fully saturated rings. The van der Waals surface area contributed by atoms with E-state index >= 15 is 0 Å². The van der Waals surface area contributed by atoms with Crippen LogP contribution in [0.2, 0.25) is 0 Å². The second kappa shape index (κ2) is 16.3. The summed E-state index contributed by atoms with van der Waals surface area (Å²) in [5.74, 6) is 0. The number of benzene rings is 12. The number of hydrogen-bond donors (Lipinski definition) is 0. The van der Waals surface area contributed by atoms with Gasteiger partial charge in [0, 0.05) is 17.1 Å². The van der Waals surface area contributed by atoms with Gasteiger partial charge in [0.05, 0.1) is 5.41 Å². The van der Waals surface area contributed by atoms with Gasteiger partial charge in [0.1, 0.15) is 0 Å². The van der Waals surface area contributed by atoms with Crippen molar-refractivity contribution in [3.63, 3.8) is 0 Å². The van der Waals surface area contributed by atoms with Gasteiger partial charge in [-0.05, 0) is 142 Å². The van der Waals surface area contributed by atoms with Gasteiger partial charge in [-0.1, -0.05) is 231 Å². The van der Waals surface area contributed by atoms with Gasteiger partial charge in [-0.3, -0.25) is 0 Å². The zero-order valence-electron chi connectivity index (χ0n) is 37.4. The molecule has 1 nitrogen and oxygen atoms in total. The molecule has 0 spiro atoms. The van der Waals surface area contributed by atoms with Crippen LogP contribution in [-0.4, -0.2) is 0 Å². The molecule has 1 heteroatoms. The summed E-state index contributed by atoms with van der Waals surface area (Å²) in [7, 11) is 0. The van der Waals surface area contributed by atoms with Crippen LogP contribution in [0.1, 0.15) is 22.3 Å². The van der Waals surface area contributed by atoms with Crippen molar-refractivity contribution in [3.05, 3.63) is 295 Å². The third-order valence-corrected chi connectivity index (χ3v) is 14.4. The monoisotopic (exact) mass is 863 g/mol. The molecule has 13 rings (SSSR count). The van der Waals surface area contributed by atoms with Gasteiger partial charge < -0.3 is 4.90 Å². The van der Waals surface area contributed by atoms with Gasteiger partial charge in [0.15, 0.2) is 0 Å². The quantitative estimate of drug-likeness (QED) is 0.138. The van der Waals surface area contributed by atoms with E-state index in [4.69, 9.17) is 0 Å². The van der Waals surface area contributed by atoms with Crippen molar-refractivity contribution < 1.29 is 0 Å². The standard InChI is InChI=1S/C67H45N/c1-3-14-46(15-4-1)47-30-36-55(37-31-47)67(54-19-5-2-6-20-54)65-25-12-11-23-62(65)63-43-42-58(45-66(63)67)68(57-40-34-51(35-41-57)60-24-13-18-49-16-7-9-21-59(49)60)56-38-32-48(33-39-56)53-29-28-52-27-26-50-17-8-10-22-61(50)64(52)44-53/h1-45H. The molecule has 12 aromatic rings. The Morgan fingerprint density at radius 2 is 0.706 bits per heavy atom. The summed E-state index contributed by atoms with van der Waals surface area (Å²) in [5.41, 5.74) is 17.5. The first kappa shape index (κ1) is 39.6. The van der Waals surface area contributed by atoms with Gasteiger partial charge in [-0.15, -0.1) is 0 Å². The van der Waals surface area contributed by atoms with Crippen molar-refractivity contribution in [2.24, 2.45) is 0 Å². The second-order valence-electron chi connectivity index (χ2n) is 18.0. The minimum atomic E-state index is -0.563. The van der Waals surface area contributed by atoms with E-state index in [9.17, 15) is 0 Å². The molecular formula is C67H45N. The maximum atomic E-state index is 2.47. The Hall–Kier alpha value is -8.78. The molecule has 0 N–H and O–H groups in total. The fourth-order valence-electron chi connectivity index (χ4n) is 11.1. The van der Waals surface area contributed by atoms with E-state index in [1.807, 2.05) is 0 Å². The summed E-state index contributed by atoms with van der Waals surface area (Å²) >= 11 is 0. The van der Waals surface area contributed by atoms with Crippen molar-refractivity contribution in [3.8, 4) is 44.5 Å². The SMILES string of the molecule is c1ccc(-c2ccc(C3(c4ccccc4)c4ccccc4-c4ccc(N(c5ccc(-c6ccc7ccc8ccccc8c7c6)cc5)c5ccc(-c6cccc7ccccc67)cc5)cc43)cc2)cc1. The maximum absolute atomic E-state index is 2.47. The Labute approximate surface area is 397 Å². The minimum Gasteiger partial charge on any atom is -0.310 e. The van der Waals surface area contributed by atoms with E-state index < -0.39 is 5.41 Å². The van der Waals surface area contributed by atoms with Crippen LogP contribution in [0.15, 0.2) is 273 Å². The van der Waals surface area contributed by atoms with Crippen LogP contribution in [-0.2, 0) is 5.41 Å². The van der Waals surface area contributed by atoms with Gasteiger partial charge >= 0.3 is 0 Å². The second-order valence-corrected chi connectivity index (χ2v) is 18.0. The molecule has 1 unspecified atom stereocenters. The van der Waals surface area contributed by atoms with Crippen LogP contribution in [0, 0.1) is 0 Å². The molecule has 12 aromatic carbocycles. The molecule has 0 amide bonds. The lowest BCUT2D eigenvalue weighted by Crippen LogP contribution is -2.28. The number of nitrogens with zero attached hydrogens (tertiary/aromatic N) is 1. The van der Waals surface area contributed by atoms with E-state index in [-0.39, 0.29) is 0 Å². The predicted octanol–water partition coefficient (Wildman–Crippen LogP) is 18.0. The summed E-state index contributed by atoms with van der Waals surface area (Å²) < 4.78 is 0. The lowest BCUT2D eigenvalue weighted by Gasteiger charge is -2.35. The summed E-state index contributed by atoms with van der Waals surface area (Å²) in [4.78, 5) is 2.43. The third kappa shape index (κ3) is 6.47. The topological polar surface area (TPSA) is 3.24 Å². The van der Waals surface area contributed by atoms with Gasteiger partial charge in [-0.25, -0.2) is 0 Å². The summed E-state index contributed by atoms with van der Waals surface area (Å²) in [6.07, 6.45) is 0. The normalized spacial score (nSPS) is 13.9. The molecule has 0 heterocycles. The zero-order chi connectivity index (χ0) is 45.0. The van der Waals surface area contributed by atoms with Gasteiger partial charge in [-0.2, -0.15) is 0 Å². The van der Waals surface area contributed by atoms with Crippen LogP contribution in [0.4, 0.5) is 17.1 Å². The number of anilines is 3. The molecule has 0 aliphatic heterocycles. The molecule has 0 saturated carbocycles. The van der Waals surface area contributed by atoms with Crippen LogP contribution in [0.3, 0.4) is 0 Å². The van der Waals surface area contributed by atoms with E-state index in [1.165, 1.54) is 99.1 Å². The molecule has 318 valence electrons. The van der Waals surface area contributed by atoms with Crippen LogP contribution in [0.25, 0.3) is 76.8 Å². The minimum absolute atomic E-state index is 0.563. The highest BCUT2D eigenvalue weighted by atomic mass is 15.1. The molecular weight excluding hydrogens is 819 g/mol. The van der Waals surface area contributed by atoms with E-state index in [1.54, 1.807) is 0 Å². The lowest BCUT2D eigenvalue weighted by molar-refractivity contribution is 0.768. The molecule has 0 aromatic heterocycles. The zero-order valence-corrected chi connectivity index (χ0v) is 37.4. The van der Waals surface area contributed by atoms with Crippen LogP contribution in [0.5, 0.6) is 0 Å². The van der Waals surface area contributed by atoms with Crippen molar-refractivity contribution in [2.45, 2.75) is 5.41 Å². The third-order valence-electron chi connectivity index (χ3n) is 14.4. The van der Waals surface area contributed by atoms with Crippen molar-refractivity contribution in [2.75, 3.05) is 4.90 Å². The molecule has 68 heavy (non-hydrogen) atoms. The van der Waals surface area contributed by atoms with Gasteiger partial charge in [0.2, 0.25) is 0 Å². The molecule has 0 saturated heterocycles. The average Bonchev–Trinajstić information content (AvgIpc) is 3.72. The first-order valence-corrected chi connectivity index (χ1v) is 23.6. The molecule has 0 bridgehead atoms. The Morgan fingerprint density at radius 3 is 1.46 bits per heavy atom. The van der Waals surface area contributed by atoms with E-state index in [2.05, 4.69) is 278 Å². The fraction of sp³-hybridized carbons (Fsp3) is 0.0149. The molecule has 1 aliphatic carbocycles. The van der Waals surface area contributed by atoms with Crippen molar-refractivity contribution in [1.29, 1.82) is 0 Å². The molecule has 1 aliphatic rings. The van der Waals surface area contributed by atoms with Gasteiger partial charge in [0.25, 0.3) is 0 Å². The first-order chi connectivity index (χ1) is 33.7. The summed E-state index contributed by atoms with van der Waals surface area (Å²) in [6.45, 7) is 0.